The van der Waals surface area contributed by atoms with Gasteiger partial charge in [-0.3, -0.25) is 14.9 Å². The lowest BCUT2D eigenvalue weighted by molar-refractivity contribution is -0.385. The molecular formula is C13H16ClN3O3. The highest BCUT2D eigenvalue weighted by molar-refractivity contribution is 6.33. The van der Waals surface area contributed by atoms with Crippen molar-refractivity contribution in [3.63, 3.8) is 0 Å². The third kappa shape index (κ3) is 2.91. The highest BCUT2D eigenvalue weighted by Crippen LogP contribution is 2.29. The second-order valence-electron chi connectivity index (χ2n) is 4.77. The smallest absolute Gasteiger partial charge is 0.300 e. The van der Waals surface area contributed by atoms with Crippen LogP contribution in [0.3, 0.4) is 0 Å². The molecule has 2 rings (SSSR count). The molecule has 1 N–H and O–H groups in total. The van der Waals surface area contributed by atoms with Crippen LogP contribution in [0, 0.1) is 10.1 Å². The summed E-state index contributed by atoms with van der Waals surface area (Å²) in [5.74, 6) is -0.334. The third-order valence-corrected chi connectivity index (χ3v) is 3.82. The van der Waals surface area contributed by atoms with E-state index in [0.717, 1.165) is 12.8 Å². The predicted octanol–water partition coefficient (Wildman–Crippen LogP) is 2.07. The molecule has 1 saturated heterocycles. The lowest BCUT2D eigenvalue weighted by Gasteiger charge is -2.32. The number of hydrogen-bond donors (Lipinski definition) is 1. The Morgan fingerprint density at radius 1 is 1.55 bits per heavy atom. The summed E-state index contributed by atoms with van der Waals surface area (Å²) in [7, 11) is 1.85. The van der Waals surface area contributed by atoms with Crippen LogP contribution >= 0.6 is 11.6 Å². The second-order valence-corrected chi connectivity index (χ2v) is 5.18. The minimum atomic E-state index is -0.602. The van der Waals surface area contributed by atoms with Crippen molar-refractivity contribution in [3.8, 4) is 0 Å². The van der Waals surface area contributed by atoms with E-state index in [0.29, 0.717) is 13.1 Å². The first-order valence-corrected chi connectivity index (χ1v) is 6.82. The van der Waals surface area contributed by atoms with Crippen molar-refractivity contribution in [2.24, 2.45) is 0 Å². The number of nitrogens with zero attached hydrogens (tertiary/aromatic N) is 2. The molecule has 6 nitrogen and oxygen atoms in total. The number of para-hydroxylation sites is 1. The molecule has 1 heterocycles. The minimum Gasteiger partial charge on any atom is -0.337 e. The SMILES string of the molecule is CNC1CCCN(C(=O)c2cccc(Cl)c2[N+](=O)[O-])C1. The van der Waals surface area contributed by atoms with E-state index in [9.17, 15) is 14.9 Å². The lowest BCUT2D eigenvalue weighted by Crippen LogP contribution is -2.47. The number of hydrogen-bond acceptors (Lipinski definition) is 4. The van der Waals surface area contributed by atoms with Crippen LogP contribution < -0.4 is 5.32 Å². The molecule has 0 spiro atoms. The van der Waals surface area contributed by atoms with E-state index in [1.807, 2.05) is 7.05 Å². The largest absolute Gasteiger partial charge is 0.337 e. The second kappa shape index (κ2) is 6.19. The summed E-state index contributed by atoms with van der Waals surface area (Å²) in [6, 6.07) is 4.66. The number of rotatable bonds is 3. The molecule has 1 aromatic carbocycles. The monoisotopic (exact) mass is 297 g/mol. The maximum Gasteiger partial charge on any atom is 0.300 e. The Bertz CT molecular complexity index is 536. The molecule has 1 aliphatic heterocycles. The Balaban J connectivity index is 2.29. The van der Waals surface area contributed by atoms with Crippen LogP contribution in [0.15, 0.2) is 18.2 Å². The molecule has 1 aliphatic rings. The molecule has 1 amide bonds. The van der Waals surface area contributed by atoms with E-state index >= 15 is 0 Å². The average molecular weight is 298 g/mol. The van der Waals surface area contributed by atoms with Crippen molar-refractivity contribution in [1.82, 2.24) is 10.2 Å². The highest BCUT2D eigenvalue weighted by atomic mass is 35.5. The topological polar surface area (TPSA) is 75.5 Å². The van der Waals surface area contributed by atoms with Crippen LogP contribution in [-0.2, 0) is 0 Å². The fraction of sp³-hybridized carbons (Fsp3) is 0.462. The van der Waals surface area contributed by atoms with Gasteiger partial charge in [0.2, 0.25) is 0 Å². The van der Waals surface area contributed by atoms with Crippen molar-refractivity contribution in [3.05, 3.63) is 38.9 Å². The van der Waals surface area contributed by atoms with Gasteiger partial charge in [-0.2, -0.15) is 0 Å². The van der Waals surface area contributed by atoms with Crippen molar-refractivity contribution in [2.75, 3.05) is 20.1 Å². The number of likely N-dealkylation sites (N-methyl/N-ethyl adjacent to an activating group) is 1. The Morgan fingerprint density at radius 3 is 2.95 bits per heavy atom. The summed E-state index contributed by atoms with van der Waals surface area (Å²) in [5.41, 5.74) is -0.259. The molecule has 7 heteroatoms. The number of piperidine rings is 1. The lowest BCUT2D eigenvalue weighted by atomic mass is 10.0. The number of nitro benzene ring substituents is 1. The molecule has 0 aliphatic carbocycles. The Kier molecular flexibility index (Phi) is 4.57. The molecule has 0 radical (unpaired) electrons. The van der Waals surface area contributed by atoms with Crippen LogP contribution in [-0.4, -0.2) is 41.9 Å². The molecule has 0 bridgehead atoms. The van der Waals surface area contributed by atoms with Crippen LogP contribution in [0.1, 0.15) is 23.2 Å². The summed E-state index contributed by atoms with van der Waals surface area (Å²) in [6.07, 6.45) is 1.88. The van der Waals surface area contributed by atoms with Crippen molar-refractivity contribution in [1.29, 1.82) is 0 Å². The Morgan fingerprint density at radius 2 is 2.30 bits per heavy atom. The summed E-state index contributed by atoms with van der Waals surface area (Å²) >= 11 is 5.84. The van der Waals surface area contributed by atoms with E-state index in [-0.39, 0.29) is 28.2 Å². The molecule has 0 aromatic heterocycles. The number of nitro groups is 1. The number of amides is 1. The number of carbonyl (C=O) groups is 1. The quantitative estimate of drug-likeness (QED) is 0.684. The number of benzene rings is 1. The van der Waals surface area contributed by atoms with Gasteiger partial charge in [0.05, 0.1) is 4.92 Å². The summed E-state index contributed by atoms with van der Waals surface area (Å²) < 4.78 is 0. The van der Waals surface area contributed by atoms with Gasteiger partial charge in [0.25, 0.3) is 5.91 Å². The molecule has 108 valence electrons. The molecule has 1 aromatic rings. The van der Waals surface area contributed by atoms with Crippen LogP contribution in [0.4, 0.5) is 5.69 Å². The molecule has 20 heavy (non-hydrogen) atoms. The van der Waals surface area contributed by atoms with E-state index in [1.165, 1.54) is 12.1 Å². The first-order chi connectivity index (χ1) is 9.54. The predicted molar refractivity (Wildman–Crippen MR) is 76.1 cm³/mol. The number of nitrogens with one attached hydrogen (secondary N) is 1. The maximum absolute atomic E-state index is 12.5. The van der Waals surface area contributed by atoms with E-state index in [2.05, 4.69) is 5.32 Å². The van der Waals surface area contributed by atoms with Crippen molar-refractivity contribution < 1.29 is 9.72 Å². The Hall–Kier alpha value is -1.66. The van der Waals surface area contributed by atoms with E-state index in [1.54, 1.807) is 11.0 Å². The molecule has 1 fully saturated rings. The van der Waals surface area contributed by atoms with Gasteiger partial charge in [0, 0.05) is 19.1 Å². The van der Waals surface area contributed by atoms with Crippen LogP contribution in [0.5, 0.6) is 0 Å². The Labute approximate surface area is 121 Å². The first-order valence-electron chi connectivity index (χ1n) is 6.44. The van der Waals surface area contributed by atoms with Gasteiger partial charge in [-0.1, -0.05) is 17.7 Å². The number of halogens is 1. The highest BCUT2D eigenvalue weighted by Gasteiger charge is 2.29. The molecule has 0 saturated carbocycles. The standard InChI is InChI=1S/C13H16ClN3O3/c1-15-9-4-3-7-16(8-9)13(18)10-5-2-6-11(14)12(10)17(19)20/h2,5-6,9,15H,3-4,7-8H2,1H3. The fourth-order valence-corrected chi connectivity index (χ4v) is 2.68. The zero-order valence-electron chi connectivity index (χ0n) is 11.1. The van der Waals surface area contributed by atoms with Crippen LogP contribution in [0.25, 0.3) is 0 Å². The summed E-state index contributed by atoms with van der Waals surface area (Å²) in [5, 5.41) is 14.2. The zero-order valence-corrected chi connectivity index (χ0v) is 11.9. The zero-order chi connectivity index (χ0) is 14.7. The van der Waals surface area contributed by atoms with Gasteiger partial charge < -0.3 is 10.2 Å². The molecule has 1 atom stereocenters. The van der Waals surface area contributed by atoms with Gasteiger partial charge in [-0.05, 0) is 32.0 Å². The van der Waals surface area contributed by atoms with Crippen molar-refractivity contribution >= 4 is 23.2 Å². The van der Waals surface area contributed by atoms with Crippen LogP contribution in [0.2, 0.25) is 5.02 Å². The third-order valence-electron chi connectivity index (χ3n) is 3.52. The average Bonchev–Trinajstić information content (AvgIpc) is 2.45. The minimum absolute atomic E-state index is 0.0111. The van der Waals surface area contributed by atoms with Gasteiger partial charge >= 0.3 is 5.69 Å². The van der Waals surface area contributed by atoms with Gasteiger partial charge in [-0.25, -0.2) is 0 Å². The first kappa shape index (κ1) is 14.7. The van der Waals surface area contributed by atoms with Gasteiger partial charge in [0.15, 0.2) is 0 Å². The molecular weight excluding hydrogens is 282 g/mol. The summed E-state index contributed by atoms with van der Waals surface area (Å²) in [6.45, 7) is 1.17. The van der Waals surface area contributed by atoms with E-state index < -0.39 is 4.92 Å². The normalized spacial score (nSPS) is 18.9. The van der Waals surface area contributed by atoms with Gasteiger partial charge in [-0.15, -0.1) is 0 Å². The van der Waals surface area contributed by atoms with E-state index in [4.69, 9.17) is 11.6 Å². The number of carbonyl (C=O) groups excluding carboxylic acids is 1. The number of likely N-dealkylation sites (tertiary alicyclic amines) is 1. The van der Waals surface area contributed by atoms with Crippen molar-refractivity contribution in [2.45, 2.75) is 18.9 Å². The maximum atomic E-state index is 12.5. The fourth-order valence-electron chi connectivity index (χ4n) is 2.44. The summed E-state index contributed by atoms with van der Waals surface area (Å²) in [4.78, 5) is 24.6. The van der Waals surface area contributed by atoms with Gasteiger partial charge in [0.1, 0.15) is 10.6 Å². The molecule has 1 unspecified atom stereocenters.